The van der Waals surface area contributed by atoms with Gasteiger partial charge in [0.1, 0.15) is 9.91 Å². The fourth-order valence-corrected chi connectivity index (χ4v) is 3.98. The summed E-state index contributed by atoms with van der Waals surface area (Å²) in [7, 11) is 0. The SMILES string of the molecule is NCCCC1(c2ccccc2)NN=C(c2cccc(Cl)c2)S1. The number of nitrogens with one attached hydrogen (secondary N) is 1. The summed E-state index contributed by atoms with van der Waals surface area (Å²) in [5.41, 5.74) is 11.3. The first-order valence-electron chi connectivity index (χ1n) is 7.29. The van der Waals surface area contributed by atoms with E-state index in [1.54, 1.807) is 11.8 Å². The topological polar surface area (TPSA) is 50.4 Å². The first-order valence-corrected chi connectivity index (χ1v) is 8.48. The van der Waals surface area contributed by atoms with Crippen LogP contribution in [0.15, 0.2) is 59.7 Å². The molecule has 1 aliphatic heterocycles. The van der Waals surface area contributed by atoms with Gasteiger partial charge in [-0.25, -0.2) is 0 Å². The van der Waals surface area contributed by atoms with Gasteiger partial charge in [-0.15, -0.1) is 0 Å². The van der Waals surface area contributed by atoms with Gasteiger partial charge in [-0.3, -0.25) is 5.43 Å². The quantitative estimate of drug-likeness (QED) is 0.872. The highest BCUT2D eigenvalue weighted by Crippen LogP contribution is 2.43. The third-order valence-electron chi connectivity index (χ3n) is 3.65. The molecule has 1 unspecified atom stereocenters. The number of rotatable bonds is 5. The lowest BCUT2D eigenvalue weighted by Crippen LogP contribution is -2.33. The van der Waals surface area contributed by atoms with Crippen molar-refractivity contribution in [3.8, 4) is 0 Å². The lowest BCUT2D eigenvalue weighted by atomic mass is 10.0. The Labute approximate surface area is 139 Å². The van der Waals surface area contributed by atoms with E-state index in [1.165, 1.54) is 5.56 Å². The molecule has 3 rings (SSSR count). The Morgan fingerprint density at radius 1 is 1.14 bits per heavy atom. The van der Waals surface area contributed by atoms with E-state index >= 15 is 0 Å². The molecule has 1 aliphatic rings. The summed E-state index contributed by atoms with van der Waals surface area (Å²) < 4.78 is 0. The fourth-order valence-electron chi connectivity index (χ4n) is 2.53. The highest BCUT2D eigenvalue weighted by atomic mass is 35.5. The Balaban J connectivity index is 1.89. The first-order chi connectivity index (χ1) is 10.7. The zero-order chi connectivity index (χ0) is 15.4. The molecule has 0 aromatic heterocycles. The molecule has 0 fully saturated rings. The van der Waals surface area contributed by atoms with Crippen LogP contribution in [-0.2, 0) is 4.87 Å². The number of benzene rings is 2. The molecular formula is C17H18ClN3S. The maximum Gasteiger partial charge on any atom is 0.131 e. The van der Waals surface area contributed by atoms with E-state index < -0.39 is 0 Å². The molecule has 22 heavy (non-hydrogen) atoms. The van der Waals surface area contributed by atoms with Gasteiger partial charge in [-0.2, -0.15) is 5.10 Å². The van der Waals surface area contributed by atoms with Gasteiger partial charge < -0.3 is 5.73 Å². The molecule has 1 heterocycles. The van der Waals surface area contributed by atoms with Crippen LogP contribution < -0.4 is 11.2 Å². The van der Waals surface area contributed by atoms with Crippen molar-refractivity contribution in [2.75, 3.05) is 6.54 Å². The van der Waals surface area contributed by atoms with Crippen molar-refractivity contribution < 1.29 is 0 Å². The first kappa shape index (κ1) is 15.4. The van der Waals surface area contributed by atoms with E-state index in [1.807, 2.05) is 30.3 Å². The molecule has 0 aliphatic carbocycles. The second-order valence-electron chi connectivity index (χ2n) is 5.23. The van der Waals surface area contributed by atoms with Gasteiger partial charge in [0, 0.05) is 10.6 Å². The van der Waals surface area contributed by atoms with Gasteiger partial charge in [0.15, 0.2) is 0 Å². The molecule has 0 radical (unpaired) electrons. The van der Waals surface area contributed by atoms with Crippen LogP contribution in [0.1, 0.15) is 24.0 Å². The predicted octanol–water partition coefficient (Wildman–Crippen LogP) is 3.93. The standard InChI is InChI=1S/C17H18ClN3S/c18-15-9-4-6-13(12-15)16-20-21-17(22-16,10-5-11-19)14-7-2-1-3-8-14/h1-4,6-9,12,21H,5,10-11,19H2. The van der Waals surface area contributed by atoms with Crippen molar-refractivity contribution in [1.29, 1.82) is 0 Å². The van der Waals surface area contributed by atoms with E-state index in [4.69, 9.17) is 17.3 Å². The monoisotopic (exact) mass is 331 g/mol. The minimum Gasteiger partial charge on any atom is -0.330 e. The highest BCUT2D eigenvalue weighted by Gasteiger charge is 2.38. The smallest absolute Gasteiger partial charge is 0.131 e. The summed E-state index contributed by atoms with van der Waals surface area (Å²) in [6.07, 6.45) is 1.86. The van der Waals surface area contributed by atoms with Crippen LogP contribution in [0.5, 0.6) is 0 Å². The van der Waals surface area contributed by atoms with Crippen LogP contribution in [0, 0.1) is 0 Å². The van der Waals surface area contributed by atoms with Crippen molar-refractivity contribution >= 4 is 28.4 Å². The third-order valence-corrected chi connectivity index (χ3v) is 5.29. The van der Waals surface area contributed by atoms with E-state index in [2.05, 4.69) is 34.8 Å². The zero-order valence-electron chi connectivity index (χ0n) is 12.1. The van der Waals surface area contributed by atoms with Crippen LogP contribution in [0.2, 0.25) is 5.02 Å². The molecule has 0 amide bonds. The minimum absolute atomic E-state index is 0.252. The molecule has 0 saturated heterocycles. The molecular weight excluding hydrogens is 314 g/mol. The highest BCUT2D eigenvalue weighted by molar-refractivity contribution is 8.15. The maximum absolute atomic E-state index is 6.09. The Hall–Kier alpha value is -1.49. The molecule has 5 heteroatoms. The van der Waals surface area contributed by atoms with Crippen molar-refractivity contribution in [1.82, 2.24) is 5.43 Å². The molecule has 114 valence electrons. The van der Waals surface area contributed by atoms with Gasteiger partial charge >= 0.3 is 0 Å². The number of halogens is 1. The second kappa shape index (κ2) is 6.73. The van der Waals surface area contributed by atoms with Crippen molar-refractivity contribution in [2.45, 2.75) is 17.7 Å². The van der Waals surface area contributed by atoms with Crippen LogP contribution in [0.25, 0.3) is 0 Å². The lowest BCUT2D eigenvalue weighted by Gasteiger charge is -2.28. The van der Waals surface area contributed by atoms with Crippen LogP contribution in [-0.4, -0.2) is 11.6 Å². The van der Waals surface area contributed by atoms with Crippen molar-refractivity contribution in [3.05, 3.63) is 70.7 Å². The molecule has 0 saturated carbocycles. The Morgan fingerprint density at radius 2 is 1.95 bits per heavy atom. The number of hydrogen-bond donors (Lipinski definition) is 2. The van der Waals surface area contributed by atoms with Gasteiger partial charge in [0.2, 0.25) is 0 Å². The molecule has 2 aromatic carbocycles. The van der Waals surface area contributed by atoms with Crippen molar-refractivity contribution in [3.63, 3.8) is 0 Å². The number of thioether (sulfide) groups is 1. The molecule has 0 bridgehead atoms. The second-order valence-corrected chi connectivity index (χ2v) is 6.95. The van der Waals surface area contributed by atoms with Crippen LogP contribution in [0.3, 0.4) is 0 Å². The average Bonchev–Trinajstić information content (AvgIpc) is 3.00. The average molecular weight is 332 g/mol. The van der Waals surface area contributed by atoms with Crippen molar-refractivity contribution in [2.24, 2.45) is 10.8 Å². The third kappa shape index (κ3) is 3.14. The van der Waals surface area contributed by atoms with Gasteiger partial charge in [-0.05, 0) is 37.1 Å². The summed E-state index contributed by atoms with van der Waals surface area (Å²) >= 11 is 7.83. The normalized spacial score (nSPS) is 20.5. The minimum atomic E-state index is -0.252. The van der Waals surface area contributed by atoms with Gasteiger partial charge in [-0.1, -0.05) is 65.8 Å². The number of nitrogens with zero attached hydrogens (tertiary/aromatic N) is 1. The lowest BCUT2D eigenvalue weighted by molar-refractivity contribution is 0.465. The largest absolute Gasteiger partial charge is 0.330 e. The van der Waals surface area contributed by atoms with E-state index in [-0.39, 0.29) is 4.87 Å². The molecule has 1 atom stereocenters. The maximum atomic E-state index is 6.09. The molecule has 3 N–H and O–H groups in total. The molecule has 3 nitrogen and oxygen atoms in total. The summed E-state index contributed by atoms with van der Waals surface area (Å²) in [6, 6.07) is 18.2. The number of hydrazone groups is 1. The van der Waals surface area contributed by atoms with E-state index in [0.29, 0.717) is 6.54 Å². The zero-order valence-corrected chi connectivity index (χ0v) is 13.7. The molecule has 2 aromatic rings. The van der Waals surface area contributed by atoms with E-state index in [0.717, 1.165) is 28.5 Å². The Morgan fingerprint density at radius 3 is 2.68 bits per heavy atom. The Kier molecular flexibility index (Phi) is 4.71. The van der Waals surface area contributed by atoms with Gasteiger partial charge in [0.25, 0.3) is 0 Å². The summed E-state index contributed by atoms with van der Waals surface area (Å²) in [4.78, 5) is -0.252. The Bertz CT molecular complexity index is 675. The summed E-state index contributed by atoms with van der Waals surface area (Å²) in [6.45, 7) is 0.670. The number of nitrogens with two attached hydrogens (primary N) is 1. The fraction of sp³-hybridized carbons (Fsp3) is 0.235. The molecule has 0 spiro atoms. The predicted molar refractivity (Wildman–Crippen MR) is 95.1 cm³/mol. The summed E-state index contributed by atoms with van der Waals surface area (Å²) in [5, 5.41) is 6.24. The number of hydrogen-bond acceptors (Lipinski definition) is 4. The van der Waals surface area contributed by atoms with Crippen LogP contribution in [0.4, 0.5) is 0 Å². The van der Waals surface area contributed by atoms with Crippen LogP contribution >= 0.6 is 23.4 Å². The van der Waals surface area contributed by atoms with E-state index in [9.17, 15) is 0 Å². The van der Waals surface area contributed by atoms with Gasteiger partial charge in [0.05, 0.1) is 0 Å². The summed E-state index contributed by atoms with van der Waals surface area (Å²) in [5.74, 6) is 0.